The van der Waals surface area contributed by atoms with Crippen molar-refractivity contribution in [2.45, 2.75) is 46.5 Å². The fourth-order valence-electron chi connectivity index (χ4n) is 4.95. The van der Waals surface area contributed by atoms with Crippen LogP contribution in [0.25, 0.3) is 5.57 Å². The zero-order chi connectivity index (χ0) is 22.9. The monoisotopic (exact) mass is 451 g/mol. The zero-order valence-electron chi connectivity index (χ0n) is 20.4. The Balaban J connectivity index is 1.78. The average Bonchev–Trinajstić information content (AvgIpc) is 3.01. The Labute approximate surface area is 197 Å². The van der Waals surface area contributed by atoms with Crippen molar-refractivity contribution in [2.75, 3.05) is 0 Å². The molecule has 0 spiro atoms. The Morgan fingerprint density at radius 2 is 1.25 bits per heavy atom. The molecule has 0 aliphatic heterocycles. The minimum atomic E-state index is -1.36. The second kappa shape index (κ2) is 9.21. The summed E-state index contributed by atoms with van der Waals surface area (Å²) in [4.78, 5) is 0. The van der Waals surface area contributed by atoms with Crippen molar-refractivity contribution >= 4 is 38.0 Å². The lowest BCUT2D eigenvalue weighted by atomic mass is 9.91. The van der Waals surface area contributed by atoms with E-state index >= 15 is 0 Å². The first kappa shape index (κ1) is 22.8. The molecule has 32 heavy (non-hydrogen) atoms. The molecular formula is C30H35Si2. The summed E-state index contributed by atoms with van der Waals surface area (Å²) in [5.74, 6) is 0.487. The van der Waals surface area contributed by atoms with E-state index in [0.717, 1.165) is 0 Å². The van der Waals surface area contributed by atoms with Gasteiger partial charge in [0.2, 0.25) is 0 Å². The summed E-state index contributed by atoms with van der Waals surface area (Å²) in [7, 11) is -2.26. The van der Waals surface area contributed by atoms with Gasteiger partial charge in [-0.25, -0.2) is 0 Å². The molecule has 0 heterocycles. The maximum Gasteiger partial charge on any atom is 0.122 e. The van der Waals surface area contributed by atoms with Crippen LogP contribution in [0.15, 0.2) is 102 Å². The van der Waals surface area contributed by atoms with Gasteiger partial charge >= 0.3 is 0 Å². The Hall–Kier alpha value is -2.43. The zero-order valence-corrected chi connectivity index (χ0v) is 22.4. The van der Waals surface area contributed by atoms with Gasteiger partial charge in [0.25, 0.3) is 0 Å². The third-order valence-corrected chi connectivity index (χ3v) is 12.0. The maximum atomic E-state index is 2.50. The number of hydrogen-bond donors (Lipinski definition) is 0. The molecule has 1 unspecified atom stereocenters. The van der Waals surface area contributed by atoms with Crippen LogP contribution in [0.2, 0.25) is 25.7 Å². The van der Waals surface area contributed by atoms with Gasteiger partial charge in [-0.15, -0.1) is 0 Å². The largest absolute Gasteiger partial charge is 0.122 e. The minimum Gasteiger partial charge on any atom is -0.0656 e. The SMILES string of the molecule is CC1=C(C)C(C[Si](c2ccccc2)c2ccccc2)C(c2cccc([Si](C)(C)C)c2)=C1C. The predicted octanol–water partition coefficient (Wildman–Crippen LogP) is 6.28. The van der Waals surface area contributed by atoms with Gasteiger partial charge in [0.05, 0.1) is 8.07 Å². The molecule has 0 bridgehead atoms. The molecule has 1 atom stereocenters. The maximum absolute atomic E-state index is 2.50. The summed E-state index contributed by atoms with van der Waals surface area (Å²) >= 11 is 0. The van der Waals surface area contributed by atoms with E-state index in [1.807, 2.05) is 0 Å². The molecule has 0 amide bonds. The molecule has 0 saturated carbocycles. The molecule has 1 aliphatic rings. The second-order valence-electron chi connectivity index (χ2n) is 10.1. The van der Waals surface area contributed by atoms with Gasteiger partial charge in [-0.1, -0.05) is 126 Å². The Kier molecular flexibility index (Phi) is 6.55. The van der Waals surface area contributed by atoms with Gasteiger partial charge in [-0.05, 0) is 49.1 Å². The summed E-state index contributed by atoms with van der Waals surface area (Å²) < 4.78 is 0. The lowest BCUT2D eigenvalue weighted by molar-refractivity contribution is 0.884. The van der Waals surface area contributed by atoms with Crippen LogP contribution in [0.4, 0.5) is 0 Å². The number of benzene rings is 3. The van der Waals surface area contributed by atoms with Crippen LogP contribution in [0.5, 0.6) is 0 Å². The summed E-state index contributed by atoms with van der Waals surface area (Å²) in [6, 6.07) is 33.1. The minimum absolute atomic E-state index is 0.487. The molecule has 0 aromatic heterocycles. The molecule has 0 nitrogen and oxygen atoms in total. The Morgan fingerprint density at radius 3 is 1.78 bits per heavy atom. The first-order valence-corrected chi connectivity index (χ1v) is 16.9. The van der Waals surface area contributed by atoms with Gasteiger partial charge in [0.15, 0.2) is 0 Å². The third-order valence-electron chi connectivity index (χ3n) is 7.12. The van der Waals surface area contributed by atoms with E-state index in [1.54, 1.807) is 16.3 Å². The number of rotatable bonds is 6. The molecule has 4 rings (SSSR count). The van der Waals surface area contributed by atoms with Gasteiger partial charge in [-0.3, -0.25) is 0 Å². The topological polar surface area (TPSA) is 0 Å². The van der Waals surface area contributed by atoms with Crippen molar-refractivity contribution in [3.8, 4) is 0 Å². The van der Waals surface area contributed by atoms with Crippen LogP contribution in [-0.2, 0) is 0 Å². The molecule has 1 aliphatic carbocycles. The second-order valence-corrected chi connectivity index (χ2v) is 17.7. The van der Waals surface area contributed by atoms with E-state index in [-0.39, 0.29) is 0 Å². The van der Waals surface area contributed by atoms with E-state index in [4.69, 9.17) is 0 Å². The summed E-state index contributed by atoms with van der Waals surface area (Å²) in [5.41, 5.74) is 7.54. The highest BCUT2D eigenvalue weighted by molar-refractivity contribution is 6.88. The van der Waals surface area contributed by atoms with Crippen LogP contribution < -0.4 is 15.6 Å². The number of allylic oxidation sites excluding steroid dienone is 4. The fraction of sp³-hybridized carbons (Fsp3) is 0.267. The van der Waals surface area contributed by atoms with Crippen LogP contribution in [-0.4, -0.2) is 16.9 Å². The molecular weight excluding hydrogens is 417 g/mol. The van der Waals surface area contributed by atoms with Gasteiger partial charge in [0.1, 0.15) is 8.80 Å². The van der Waals surface area contributed by atoms with Crippen LogP contribution in [0.1, 0.15) is 26.3 Å². The smallest absolute Gasteiger partial charge is 0.0656 e. The van der Waals surface area contributed by atoms with Gasteiger partial charge in [0, 0.05) is 5.92 Å². The predicted molar refractivity (Wildman–Crippen MR) is 147 cm³/mol. The van der Waals surface area contributed by atoms with Crippen LogP contribution >= 0.6 is 0 Å². The fourth-order valence-corrected chi connectivity index (χ4v) is 9.05. The van der Waals surface area contributed by atoms with E-state index in [2.05, 4.69) is 125 Å². The van der Waals surface area contributed by atoms with Crippen molar-refractivity contribution in [2.24, 2.45) is 5.92 Å². The van der Waals surface area contributed by atoms with Crippen molar-refractivity contribution in [3.05, 3.63) is 107 Å². The molecule has 3 aromatic rings. The molecule has 163 valence electrons. The lowest BCUT2D eigenvalue weighted by Crippen LogP contribution is -2.43. The Morgan fingerprint density at radius 1 is 0.688 bits per heavy atom. The molecule has 0 N–H and O–H groups in total. The van der Waals surface area contributed by atoms with Gasteiger partial charge < -0.3 is 0 Å². The van der Waals surface area contributed by atoms with E-state index in [1.165, 1.54) is 33.1 Å². The summed E-state index contributed by atoms with van der Waals surface area (Å²) in [5, 5.41) is 4.57. The van der Waals surface area contributed by atoms with Crippen molar-refractivity contribution in [1.82, 2.24) is 0 Å². The van der Waals surface area contributed by atoms with E-state index in [0.29, 0.717) is 5.92 Å². The van der Waals surface area contributed by atoms with Crippen LogP contribution in [0.3, 0.4) is 0 Å². The van der Waals surface area contributed by atoms with Crippen LogP contribution in [0, 0.1) is 5.92 Å². The highest BCUT2D eigenvalue weighted by atomic mass is 28.3. The highest BCUT2D eigenvalue weighted by Gasteiger charge is 2.32. The van der Waals surface area contributed by atoms with Gasteiger partial charge in [-0.2, -0.15) is 0 Å². The van der Waals surface area contributed by atoms with Crippen molar-refractivity contribution in [3.63, 3.8) is 0 Å². The lowest BCUT2D eigenvalue weighted by Gasteiger charge is -2.25. The Bertz CT molecular complexity index is 1110. The first-order chi connectivity index (χ1) is 15.3. The summed E-state index contributed by atoms with van der Waals surface area (Å²) in [6.45, 7) is 14.4. The first-order valence-electron chi connectivity index (χ1n) is 11.7. The standard InChI is InChI=1S/C30H35Si2/c1-22-23(2)29(30(24(22)3)25-14-13-19-28(20-25)32(4,5)6)21-31(26-15-9-7-10-16-26)27-17-11-8-12-18-27/h7-20,29H,21H2,1-6H3. The third kappa shape index (κ3) is 4.53. The molecule has 1 radical (unpaired) electrons. The normalized spacial score (nSPS) is 16.9. The molecule has 3 aromatic carbocycles. The average molecular weight is 452 g/mol. The summed E-state index contributed by atoms with van der Waals surface area (Å²) in [6.07, 6.45) is 0. The van der Waals surface area contributed by atoms with Crippen molar-refractivity contribution in [1.29, 1.82) is 0 Å². The highest BCUT2D eigenvalue weighted by Crippen LogP contribution is 2.45. The van der Waals surface area contributed by atoms with Crippen molar-refractivity contribution < 1.29 is 0 Å². The van der Waals surface area contributed by atoms with E-state index in [9.17, 15) is 0 Å². The molecule has 2 heteroatoms. The number of hydrogen-bond acceptors (Lipinski definition) is 0. The molecule has 0 fully saturated rings. The quantitative estimate of drug-likeness (QED) is 0.387. The molecule has 0 saturated heterocycles. The van der Waals surface area contributed by atoms with E-state index < -0.39 is 16.9 Å².